The van der Waals surface area contributed by atoms with Gasteiger partial charge in [0.1, 0.15) is 0 Å². The Bertz CT molecular complexity index is 712. The molecule has 6 heteroatoms. The lowest BCUT2D eigenvalue weighted by Crippen LogP contribution is -2.32. The molecule has 0 aliphatic carbocycles. The van der Waals surface area contributed by atoms with Crippen LogP contribution in [0.25, 0.3) is 0 Å². The number of anilines is 1. The Balaban J connectivity index is 1.90. The van der Waals surface area contributed by atoms with Crippen LogP contribution in [0.5, 0.6) is 0 Å². The maximum absolute atomic E-state index is 11.7. The number of nitrogens with zero attached hydrogens (tertiary/aromatic N) is 1. The van der Waals surface area contributed by atoms with Crippen molar-refractivity contribution in [1.82, 2.24) is 5.43 Å². The van der Waals surface area contributed by atoms with E-state index in [4.69, 9.17) is 11.6 Å². The quantitative estimate of drug-likeness (QED) is 0.519. The van der Waals surface area contributed by atoms with Crippen molar-refractivity contribution in [2.45, 2.75) is 6.92 Å². The Hall–Kier alpha value is -2.66. The first-order chi connectivity index (χ1) is 10.6. The number of nitrogens with one attached hydrogen (secondary N) is 2. The maximum atomic E-state index is 11.7. The molecule has 2 amide bonds. The number of hydrazone groups is 1. The molecule has 2 aromatic carbocycles. The van der Waals surface area contributed by atoms with Gasteiger partial charge < -0.3 is 5.32 Å². The Kier molecular flexibility index (Phi) is 5.27. The SMILES string of the molecule is Cc1ccccc1NC(=O)C(=O)NN=Cc1ccc(Cl)cc1. The van der Waals surface area contributed by atoms with E-state index >= 15 is 0 Å². The Morgan fingerprint density at radius 1 is 1.05 bits per heavy atom. The van der Waals surface area contributed by atoms with Crippen molar-refractivity contribution in [2.24, 2.45) is 5.10 Å². The fourth-order valence-electron chi connectivity index (χ4n) is 1.66. The molecular formula is C16H14ClN3O2. The molecule has 0 radical (unpaired) electrons. The lowest BCUT2D eigenvalue weighted by molar-refractivity contribution is -0.136. The summed E-state index contributed by atoms with van der Waals surface area (Å²) in [6, 6.07) is 14.1. The minimum absolute atomic E-state index is 0.587. The number of para-hydroxylation sites is 1. The predicted octanol–water partition coefficient (Wildman–Crippen LogP) is 2.74. The number of amides is 2. The van der Waals surface area contributed by atoms with Crippen LogP contribution in [0.15, 0.2) is 53.6 Å². The summed E-state index contributed by atoms with van der Waals surface area (Å²) in [6.45, 7) is 1.84. The van der Waals surface area contributed by atoms with E-state index in [1.807, 2.05) is 19.1 Å². The monoisotopic (exact) mass is 315 g/mol. The molecule has 0 unspecified atom stereocenters. The lowest BCUT2D eigenvalue weighted by atomic mass is 10.2. The second-order valence-electron chi connectivity index (χ2n) is 4.52. The summed E-state index contributed by atoms with van der Waals surface area (Å²) in [5, 5.41) is 6.86. The number of hydrogen-bond acceptors (Lipinski definition) is 3. The Morgan fingerprint density at radius 2 is 1.73 bits per heavy atom. The fraction of sp³-hybridized carbons (Fsp3) is 0.0625. The molecule has 2 aromatic rings. The average molecular weight is 316 g/mol. The van der Waals surface area contributed by atoms with Gasteiger partial charge in [-0.1, -0.05) is 41.9 Å². The molecular weight excluding hydrogens is 302 g/mol. The van der Waals surface area contributed by atoms with Gasteiger partial charge in [-0.3, -0.25) is 9.59 Å². The zero-order valence-corrected chi connectivity index (χ0v) is 12.6. The highest BCUT2D eigenvalue weighted by molar-refractivity contribution is 6.39. The summed E-state index contributed by atoms with van der Waals surface area (Å²) < 4.78 is 0. The van der Waals surface area contributed by atoms with Crippen LogP contribution in [0.4, 0.5) is 5.69 Å². The number of hydrogen-bond donors (Lipinski definition) is 2. The highest BCUT2D eigenvalue weighted by Crippen LogP contribution is 2.12. The third-order valence-corrected chi connectivity index (χ3v) is 3.10. The fourth-order valence-corrected chi connectivity index (χ4v) is 1.78. The van der Waals surface area contributed by atoms with E-state index in [-0.39, 0.29) is 0 Å². The summed E-state index contributed by atoms with van der Waals surface area (Å²) in [6.07, 6.45) is 1.43. The van der Waals surface area contributed by atoms with Gasteiger partial charge in [-0.25, -0.2) is 5.43 Å². The molecule has 0 aliphatic rings. The van der Waals surface area contributed by atoms with Gasteiger partial charge >= 0.3 is 11.8 Å². The van der Waals surface area contributed by atoms with Crippen molar-refractivity contribution in [1.29, 1.82) is 0 Å². The van der Waals surface area contributed by atoms with Gasteiger partial charge in [-0.05, 0) is 36.2 Å². The smallest absolute Gasteiger partial charge is 0.317 e. The van der Waals surface area contributed by atoms with Crippen LogP contribution in [-0.4, -0.2) is 18.0 Å². The van der Waals surface area contributed by atoms with E-state index in [1.165, 1.54) is 6.21 Å². The van der Waals surface area contributed by atoms with Crippen molar-refractivity contribution in [3.63, 3.8) is 0 Å². The highest BCUT2D eigenvalue weighted by Gasteiger charge is 2.13. The number of rotatable bonds is 3. The predicted molar refractivity (Wildman–Crippen MR) is 87.0 cm³/mol. The minimum Gasteiger partial charge on any atom is -0.317 e. The van der Waals surface area contributed by atoms with Gasteiger partial charge in [0.05, 0.1) is 6.21 Å². The Labute approximate surface area is 133 Å². The molecule has 5 nitrogen and oxygen atoms in total. The van der Waals surface area contributed by atoms with Gasteiger partial charge in [-0.2, -0.15) is 5.10 Å². The minimum atomic E-state index is -0.839. The van der Waals surface area contributed by atoms with Crippen LogP contribution in [0, 0.1) is 6.92 Å². The summed E-state index contributed by atoms with van der Waals surface area (Å²) in [7, 11) is 0. The topological polar surface area (TPSA) is 70.6 Å². The molecule has 2 N–H and O–H groups in total. The molecule has 0 fully saturated rings. The normalized spacial score (nSPS) is 10.5. The van der Waals surface area contributed by atoms with Gasteiger partial charge in [0.2, 0.25) is 0 Å². The van der Waals surface area contributed by atoms with Crippen LogP contribution in [0.1, 0.15) is 11.1 Å². The van der Waals surface area contributed by atoms with Crippen molar-refractivity contribution >= 4 is 35.3 Å². The van der Waals surface area contributed by atoms with E-state index in [1.54, 1.807) is 36.4 Å². The third-order valence-electron chi connectivity index (χ3n) is 2.85. The van der Waals surface area contributed by atoms with Crippen molar-refractivity contribution in [2.75, 3.05) is 5.32 Å². The molecule has 0 spiro atoms. The van der Waals surface area contributed by atoms with Crippen molar-refractivity contribution < 1.29 is 9.59 Å². The van der Waals surface area contributed by atoms with E-state index in [0.29, 0.717) is 10.7 Å². The number of carbonyl (C=O) groups is 2. The van der Waals surface area contributed by atoms with Crippen LogP contribution in [0.3, 0.4) is 0 Å². The van der Waals surface area contributed by atoms with Gasteiger partial charge in [0, 0.05) is 10.7 Å². The molecule has 0 atom stereocenters. The first-order valence-electron chi connectivity index (χ1n) is 6.52. The van der Waals surface area contributed by atoms with Gasteiger partial charge in [0.25, 0.3) is 0 Å². The number of aryl methyl sites for hydroxylation is 1. The standard InChI is InChI=1S/C16H14ClN3O2/c1-11-4-2-3-5-14(11)19-15(21)16(22)20-18-10-12-6-8-13(17)9-7-12/h2-10H,1H3,(H,19,21)(H,20,22). The largest absolute Gasteiger partial charge is 0.329 e. The van der Waals surface area contributed by atoms with Crippen LogP contribution in [0.2, 0.25) is 5.02 Å². The molecule has 0 saturated heterocycles. The zero-order valence-electron chi connectivity index (χ0n) is 11.8. The van der Waals surface area contributed by atoms with E-state index in [2.05, 4.69) is 15.8 Å². The summed E-state index contributed by atoms with van der Waals surface area (Å²) in [4.78, 5) is 23.4. The molecule has 22 heavy (non-hydrogen) atoms. The number of carbonyl (C=O) groups excluding carboxylic acids is 2. The molecule has 0 saturated carbocycles. The first kappa shape index (κ1) is 15.7. The zero-order chi connectivity index (χ0) is 15.9. The average Bonchev–Trinajstić information content (AvgIpc) is 2.51. The van der Waals surface area contributed by atoms with E-state index < -0.39 is 11.8 Å². The first-order valence-corrected chi connectivity index (χ1v) is 6.89. The highest BCUT2D eigenvalue weighted by atomic mass is 35.5. The number of benzene rings is 2. The molecule has 0 heterocycles. The molecule has 112 valence electrons. The van der Waals surface area contributed by atoms with Gasteiger partial charge in [0.15, 0.2) is 0 Å². The van der Waals surface area contributed by atoms with Gasteiger partial charge in [-0.15, -0.1) is 0 Å². The van der Waals surface area contributed by atoms with Crippen LogP contribution >= 0.6 is 11.6 Å². The van der Waals surface area contributed by atoms with Crippen LogP contribution in [-0.2, 0) is 9.59 Å². The van der Waals surface area contributed by atoms with Crippen molar-refractivity contribution in [3.05, 3.63) is 64.7 Å². The second kappa shape index (κ2) is 7.38. The second-order valence-corrected chi connectivity index (χ2v) is 4.96. The Morgan fingerprint density at radius 3 is 2.41 bits per heavy atom. The van der Waals surface area contributed by atoms with E-state index in [0.717, 1.165) is 11.1 Å². The molecule has 0 aromatic heterocycles. The molecule has 2 rings (SSSR count). The lowest BCUT2D eigenvalue weighted by Gasteiger charge is -2.06. The number of halogens is 1. The molecule has 0 aliphatic heterocycles. The maximum Gasteiger partial charge on any atom is 0.329 e. The van der Waals surface area contributed by atoms with Crippen LogP contribution < -0.4 is 10.7 Å². The summed E-state index contributed by atoms with van der Waals surface area (Å²) >= 11 is 5.76. The third kappa shape index (κ3) is 4.43. The summed E-state index contributed by atoms with van der Waals surface area (Å²) in [5.74, 6) is -1.61. The van der Waals surface area contributed by atoms with Crippen molar-refractivity contribution in [3.8, 4) is 0 Å². The molecule has 0 bridgehead atoms. The van der Waals surface area contributed by atoms with E-state index in [9.17, 15) is 9.59 Å². The summed E-state index contributed by atoms with van der Waals surface area (Å²) in [5.41, 5.74) is 4.38.